The van der Waals surface area contributed by atoms with Crippen LogP contribution in [0.5, 0.6) is 5.88 Å². The fraction of sp³-hybridized carbons (Fsp3) is 0.400. The summed E-state index contributed by atoms with van der Waals surface area (Å²) in [7, 11) is 4.43. The molecule has 0 bridgehead atoms. The molecular formula is C15H16N6O3. The summed E-state index contributed by atoms with van der Waals surface area (Å²) < 4.78 is 7.53. The quantitative estimate of drug-likeness (QED) is 0.719. The molecule has 0 fully saturated rings. The number of hydrogen-bond acceptors (Lipinski definition) is 7. The molecule has 1 aliphatic heterocycles. The van der Waals surface area contributed by atoms with Gasteiger partial charge < -0.3 is 9.64 Å². The Kier molecular flexibility index (Phi) is 3.81. The maximum absolute atomic E-state index is 12.3. The van der Waals surface area contributed by atoms with Gasteiger partial charge in [0.05, 0.1) is 24.9 Å². The lowest BCUT2D eigenvalue weighted by Gasteiger charge is -2.31. The maximum atomic E-state index is 12.3. The highest BCUT2D eigenvalue weighted by molar-refractivity contribution is 5.55. The highest BCUT2D eigenvalue weighted by Crippen LogP contribution is 2.28. The van der Waals surface area contributed by atoms with E-state index in [1.54, 1.807) is 7.05 Å². The van der Waals surface area contributed by atoms with Gasteiger partial charge in [-0.25, -0.2) is 14.8 Å². The number of anilines is 1. The number of methoxy groups -OCH3 is 1. The molecular weight excluding hydrogens is 312 g/mol. The lowest BCUT2D eigenvalue weighted by molar-refractivity contribution is 0.387. The second kappa shape index (κ2) is 5.81. The predicted molar refractivity (Wildman–Crippen MR) is 85.0 cm³/mol. The van der Waals surface area contributed by atoms with Crippen LogP contribution in [-0.4, -0.2) is 32.8 Å². The van der Waals surface area contributed by atoms with Gasteiger partial charge in [-0.15, -0.1) is 0 Å². The zero-order chi connectivity index (χ0) is 17.4. The van der Waals surface area contributed by atoms with E-state index in [0.29, 0.717) is 31.2 Å². The molecule has 0 N–H and O–H groups in total. The van der Waals surface area contributed by atoms with Crippen molar-refractivity contribution in [3.05, 3.63) is 44.0 Å². The molecule has 9 nitrogen and oxygen atoms in total. The summed E-state index contributed by atoms with van der Waals surface area (Å²) in [6, 6.07) is 1.93. The Labute approximate surface area is 137 Å². The van der Waals surface area contributed by atoms with Crippen LogP contribution < -0.4 is 20.9 Å². The van der Waals surface area contributed by atoms with E-state index in [2.05, 4.69) is 9.97 Å². The zero-order valence-corrected chi connectivity index (χ0v) is 13.6. The fourth-order valence-electron chi connectivity index (χ4n) is 2.97. The van der Waals surface area contributed by atoms with Crippen LogP contribution in [-0.2, 0) is 27.1 Å². The molecule has 0 spiro atoms. The highest BCUT2D eigenvalue weighted by Gasteiger charge is 2.27. The number of nitriles is 1. The molecule has 0 saturated carbocycles. The topological polar surface area (TPSA) is 106 Å². The van der Waals surface area contributed by atoms with E-state index < -0.39 is 11.2 Å². The summed E-state index contributed by atoms with van der Waals surface area (Å²) in [5.74, 6) is 0.763. The van der Waals surface area contributed by atoms with Gasteiger partial charge in [-0.2, -0.15) is 5.26 Å². The van der Waals surface area contributed by atoms with Crippen molar-refractivity contribution in [2.24, 2.45) is 14.1 Å². The van der Waals surface area contributed by atoms with Crippen LogP contribution in [0.2, 0.25) is 0 Å². The summed E-state index contributed by atoms with van der Waals surface area (Å²) in [6.45, 7) is 0.886. The molecule has 0 radical (unpaired) electrons. The molecule has 0 saturated heterocycles. The van der Waals surface area contributed by atoms with E-state index in [-0.39, 0.29) is 5.56 Å². The second-order valence-electron chi connectivity index (χ2n) is 5.50. The Morgan fingerprint density at radius 1 is 1.25 bits per heavy atom. The van der Waals surface area contributed by atoms with Gasteiger partial charge in [-0.1, -0.05) is 0 Å². The van der Waals surface area contributed by atoms with E-state index in [0.717, 1.165) is 15.8 Å². The van der Waals surface area contributed by atoms with Crippen molar-refractivity contribution >= 4 is 5.82 Å². The zero-order valence-electron chi connectivity index (χ0n) is 13.6. The number of nitrogens with zero attached hydrogens (tertiary/aromatic N) is 6. The Morgan fingerprint density at radius 3 is 2.67 bits per heavy atom. The molecule has 2 aromatic heterocycles. The minimum Gasteiger partial charge on any atom is -0.481 e. The van der Waals surface area contributed by atoms with Crippen LogP contribution >= 0.6 is 0 Å². The van der Waals surface area contributed by atoms with Crippen molar-refractivity contribution < 1.29 is 4.74 Å². The van der Waals surface area contributed by atoms with Crippen LogP contribution in [0.15, 0.2) is 15.9 Å². The molecule has 0 aliphatic carbocycles. The standard InChI is InChI=1S/C15H16N6O3/c1-19-13(9(6-16)14(22)20(2)15(19)23)21-5-4-11-10(7-21)12(24-3)18-8-17-11/h8H,4-5,7H2,1-3H3. The van der Waals surface area contributed by atoms with Gasteiger partial charge >= 0.3 is 5.69 Å². The van der Waals surface area contributed by atoms with E-state index in [1.165, 1.54) is 25.1 Å². The lowest BCUT2D eigenvalue weighted by Crippen LogP contribution is -2.44. The van der Waals surface area contributed by atoms with Crippen molar-refractivity contribution in [1.82, 2.24) is 19.1 Å². The molecule has 9 heteroatoms. The van der Waals surface area contributed by atoms with Crippen molar-refractivity contribution in [2.45, 2.75) is 13.0 Å². The summed E-state index contributed by atoms with van der Waals surface area (Å²) in [5, 5.41) is 9.41. The van der Waals surface area contributed by atoms with Gasteiger partial charge in [0.25, 0.3) is 5.56 Å². The molecule has 124 valence electrons. The van der Waals surface area contributed by atoms with Crippen molar-refractivity contribution in [1.29, 1.82) is 5.26 Å². The summed E-state index contributed by atoms with van der Waals surface area (Å²) in [6.07, 6.45) is 2.05. The summed E-state index contributed by atoms with van der Waals surface area (Å²) in [4.78, 5) is 34.6. The second-order valence-corrected chi connectivity index (χ2v) is 5.50. The minimum atomic E-state index is -0.599. The monoisotopic (exact) mass is 328 g/mol. The Balaban J connectivity index is 2.17. The van der Waals surface area contributed by atoms with Crippen LogP contribution in [0.1, 0.15) is 16.8 Å². The molecule has 24 heavy (non-hydrogen) atoms. The van der Waals surface area contributed by atoms with Gasteiger partial charge in [-0.05, 0) is 0 Å². The first-order valence-corrected chi connectivity index (χ1v) is 7.31. The Morgan fingerprint density at radius 2 is 2.00 bits per heavy atom. The van der Waals surface area contributed by atoms with Gasteiger partial charge in [0.15, 0.2) is 5.56 Å². The van der Waals surface area contributed by atoms with E-state index in [9.17, 15) is 14.9 Å². The predicted octanol–water partition coefficient (Wildman–Crippen LogP) is -0.683. The molecule has 2 aromatic rings. The SMILES string of the molecule is COc1ncnc2c1CN(c1c(C#N)c(=O)n(C)c(=O)n1C)CC2. The van der Waals surface area contributed by atoms with Crippen LogP contribution in [0.25, 0.3) is 0 Å². The third-order valence-electron chi connectivity index (χ3n) is 4.20. The van der Waals surface area contributed by atoms with E-state index >= 15 is 0 Å². The number of fused-ring (bicyclic) bond motifs is 1. The molecule has 1 aliphatic rings. The molecule has 0 amide bonds. The Bertz CT molecular complexity index is 955. The number of hydrogen-bond donors (Lipinski definition) is 0. The molecule has 0 atom stereocenters. The number of rotatable bonds is 2. The third kappa shape index (κ3) is 2.23. The molecule has 3 rings (SSSR count). The smallest absolute Gasteiger partial charge is 0.332 e. The molecule has 3 heterocycles. The Hall–Kier alpha value is -3.15. The van der Waals surface area contributed by atoms with Crippen LogP contribution in [0.3, 0.4) is 0 Å². The van der Waals surface area contributed by atoms with Gasteiger partial charge in [0.2, 0.25) is 5.88 Å². The van der Waals surface area contributed by atoms with Crippen molar-refractivity contribution in [2.75, 3.05) is 18.6 Å². The largest absolute Gasteiger partial charge is 0.481 e. The highest BCUT2D eigenvalue weighted by atomic mass is 16.5. The lowest BCUT2D eigenvalue weighted by atomic mass is 10.1. The van der Waals surface area contributed by atoms with Crippen molar-refractivity contribution in [3.8, 4) is 11.9 Å². The first-order chi connectivity index (χ1) is 11.5. The average molecular weight is 328 g/mol. The van der Waals surface area contributed by atoms with E-state index in [1.807, 2.05) is 11.0 Å². The van der Waals surface area contributed by atoms with Gasteiger partial charge in [0, 0.05) is 27.1 Å². The number of aromatic nitrogens is 4. The first kappa shape index (κ1) is 15.7. The molecule has 0 aromatic carbocycles. The van der Waals surface area contributed by atoms with E-state index in [4.69, 9.17) is 4.74 Å². The van der Waals surface area contributed by atoms with Crippen LogP contribution in [0, 0.1) is 11.3 Å². The number of ether oxygens (including phenoxy) is 1. The first-order valence-electron chi connectivity index (χ1n) is 7.31. The molecule has 0 unspecified atom stereocenters. The summed E-state index contributed by atoms with van der Waals surface area (Å²) in [5.41, 5.74) is 0.529. The van der Waals surface area contributed by atoms with Gasteiger partial charge in [0.1, 0.15) is 18.2 Å². The van der Waals surface area contributed by atoms with Gasteiger partial charge in [-0.3, -0.25) is 13.9 Å². The fourth-order valence-corrected chi connectivity index (χ4v) is 2.97. The van der Waals surface area contributed by atoms with Crippen LogP contribution in [0.4, 0.5) is 5.82 Å². The third-order valence-corrected chi connectivity index (χ3v) is 4.20. The summed E-state index contributed by atoms with van der Waals surface area (Å²) >= 11 is 0. The normalized spacial score (nSPS) is 13.3. The van der Waals surface area contributed by atoms with Crippen molar-refractivity contribution in [3.63, 3.8) is 0 Å². The average Bonchev–Trinajstić information content (AvgIpc) is 2.61. The maximum Gasteiger partial charge on any atom is 0.332 e. The minimum absolute atomic E-state index is 0.0566.